The third-order valence-corrected chi connectivity index (χ3v) is 1.48. The molecule has 2 N–H and O–H groups in total. The van der Waals surface area contributed by atoms with Crippen molar-refractivity contribution >= 4 is 12.6 Å². The number of carbonyl (C=O) groups is 2. The molecule has 0 radical (unpaired) electrons. The molecule has 4 heteroatoms. The third kappa shape index (κ3) is 17.4. The average Bonchev–Trinajstić information content (AvgIpc) is 2.20. The monoisotopic (exact) mass is 204 g/mol. The lowest BCUT2D eigenvalue weighted by molar-refractivity contribution is -0.108. The van der Waals surface area contributed by atoms with Gasteiger partial charge in [0.05, 0.1) is 12.7 Å². The highest BCUT2D eigenvalue weighted by molar-refractivity contribution is 5.52. The largest absolute Gasteiger partial charge is 0.394 e. The first kappa shape index (κ1) is 15.7. The van der Waals surface area contributed by atoms with E-state index in [-0.39, 0.29) is 6.61 Å². The Balaban J connectivity index is 0. The van der Waals surface area contributed by atoms with Crippen LogP contribution in [0.25, 0.3) is 0 Å². The SMILES string of the molecule is CCCC(O)CO.O=CCCCC=O. The summed E-state index contributed by atoms with van der Waals surface area (Å²) in [6.45, 7) is 1.87. The molecule has 0 aliphatic rings. The van der Waals surface area contributed by atoms with E-state index >= 15 is 0 Å². The van der Waals surface area contributed by atoms with Crippen LogP contribution in [0.1, 0.15) is 39.0 Å². The van der Waals surface area contributed by atoms with E-state index in [1.807, 2.05) is 6.92 Å². The van der Waals surface area contributed by atoms with Crippen LogP contribution in [0.5, 0.6) is 0 Å². The highest BCUT2D eigenvalue weighted by atomic mass is 16.3. The number of hydrogen-bond acceptors (Lipinski definition) is 4. The molecule has 1 unspecified atom stereocenters. The van der Waals surface area contributed by atoms with Gasteiger partial charge in [0.15, 0.2) is 0 Å². The Morgan fingerprint density at radius 1 is 1.21 bits per heavy atom. The molecule has 4 nitrogen and oxygen atoms in total. The van der Waals surface area contributed by atoms with Crippen molar-refractivity contribution < 1.29 is 19.8 Å². The first-order valence-electron chi connectivity index (χ1n) is 4.89. The van der Waals surface area contributed by atoms with Gasteiger partial charge in [-0.2, -0.15) is 0 Å². The number of carbonyl (C=O) groups excluding carboxylic acids is 2. The van der Waals surface area contributed by atoms with Crippen LogP contribution in [0, 0.1) is 0 Å². The maximum Gasteiger partial charge on any atom is 0.120 e. The number of unbranched alkanes of at least 4 members (excludes halogenated alkanes) is 2. The van der Waals surface area contributed by atoms with Crippen LogP contribution in [0.15, 0.2) is 0 Å². The molecule has 0 amide bonds. The van der Waals surface area contributed by atoms with Gasteiger partial charge >= 0.3 is 0 Å². The van der Waals surface area contributed by atoms with E-state index in [0.717, 1.165) is 19.0 Å². The summed E-state index contributed by atoms with van der Waals surface area (Å²) in [7, 11) is 0. The van der Waals surface area contributed by atoms with Crippen molar-refractivity contribution in [2.45, 2.75) is 45.1 Å². The van der Waals surface area contributed by atoms with Gasteiger partial charge in [-0.05, 0) is 12.8 Å². The second-order valence-corrected chi connectivity index (χ2v) is 2.89. The van der Waals surface area contributed by atoms with Crippen LogP contribution in [0.3, 0.4) is 0 Å². The van der Waals surface area contributed by atoms with Crippen molar-refractivity contribution in [3.05, 3.63) is 0 Å². The first-order chi connectivity index (χ1) is 6.72. The highest BCUT2D eigenvalue weighted by Gasteiger charge is 1.95. The van der Waals surface area contributed by atoms with Crippen LogP contribution in [-0.2, 0) is 9.59 Å². The molecular weight excluding hydrogens is 184 g/mol. The fraction of sp³-hybridized carbons (Fsp3) is 0.800. The van der Waals surface area contributed by atoms with Crippen LogP contribution < -0.4 is 0 Å². The number of hydrogen-bond donors (Lipinski definition) is 2. The van der Waals surface area contributed by atoms with Crippen molar-refractivity contribution in [1.29, 1.82) is 0 Å². The van der Waals surface area contributed by atoms with Crippen LogP contribution >= 0.6 is 0 Å². The molecule has 0 aliphatic carbocycles. The summed E-state index contributed by atoms with van der Waals surface area (Å²) in [4.78, 5) is 19.1. The lowest BCUT2D eigenvalue weighted by Gasteiger charge is -2.01. The minimum Gasteiger partial charge on any atom is -0.394 e. The van der Waals surface area contributed by atoms with E-state index in [2.05, 4.69) is 0 Å². The van der Waals surface area contributed by atoms with Gasteiger partial charge in [-0.1, -0.05) is 13.3 Å². The van der Waals surface area contributed by atoms with Gasteiger partial charge in [0.1, 0.15) is 12.6 Å². The van der Waals surface area contributed by atoms with Crippen molar-refractivity contribution in [3.63, 3.8) is 0 Å². The van der Waals surface area contributed by atoms with Crippen molar-refractivity contribution in [3.8, 4) is 0 Å². The molecule has 0 aromatic heterocycles. The predicted molar refractivity (Wildman–Crippen MR) is 54.0 cm³/mol. The molecule has 84 valence electrons. The van der Waals surface area contributed by atoms with E-state index in [4.69, 9.17) is 10.2 Å². The highest BCUT2D eigenvalue weighted by Crippen LogP contribution is 1.92. The Kier molecular flexibility index (Phi) is 16.6. The second kappa shape index (κ2) is 14.8. The van der Waals surface area contributed by atoms with Gasteiger partial charge < -0.3 is 19.8 Å². The topological polar surface area (TPSA) is 74.6 Å². The number of rotatable bonds is 7. The summed E-state index contributed by atoms with van der Waals surface area (Å²) in [5.41, 5.74) is 0. The summed E-state index contributed by atoms with van der Waals surface area (Å²) in [5, 5.41) is 16.8. The van der Waals surface area contributed by atoms with Crippen molar-refractivity contribution in [2.75, 3.05) is 6.61 Å². The van der Waals surface area contributed by atoms with E-state index in [1.165, 1.54) is 0 Å². The quantitative estimate of drug-likeness (QED) is 0.472. The Morgan fingerprint density at radius 2 is 1.71 bits per heavy atom. The summed E-state index contributed by atoms with van der Waals surface area (Å²) in [6, 6.07) is 0. The third-order valence-electron chi connectivity index (χ3n) is 1.48. The van der Waals surface area contributed by atoms with Crippen molar-refractivity contribution in [2.24, 2.45) is 0 Å². The van der Waals surface area contributed by atoms with Gasteiger partial charge in [-0.25, -0.2) is 0 Å². The minimum atomic E-state index is -0.495. The van der Waals surface area contributed by atoms with E-state index < -0.39 is 6.10 Å². The lowest BCUT2D eigenvalue weighted by atomic mass is 10.2. The summed E-state index contributed by atoms with van der Waals surface area (Å²) in [6.07, 6.45) is 4.51. The van der Waals surface area contributed by atoms with Crippen LogP contribution in [-0.4, -0.2) is 35.5 Å². The molecule has 0 aliphatic heterocycles. The second-order valence-electron chi connectivity index (χ2n) is 2.89. The van der Waals surface area contributed by atoms with Crippen LogP contribution in [0.4, 0.5) is 0 Å². The fourth-order valence-electron chi connectivity index (χ4n) is 0.709. The molecule has 0 rings (SSSR count). The van der Waals surface area contributed by atoms with E-state index in [0.29, 0.717) is 25.7 Å². The van der Waals surface area contributed by atoms with Gasteiger partial charge in [0, 0.05) is 12.8 Å². The molecule has 0 fully saturated rings. The van der Waals surface area contributed by atoms with Gasteiger partial charge in [0.2, 0.25) is 0 Å². The molecule has 0 aromatic carbocycles. The number of aliphatic hydroxyl groups is 2. The fourth-order valence-corrected chi connectivity index (χ4v) is 0.709. The summed E-state index contributed by atoms with van der Waals surface area (Å²) < 4.78 is 0. The molecule has 0 bridgehead atoms. The van der Waals surface area contributed by atoms with Gasteiger partial charge in [-0.3, -0.25) is 0 Å². The Labute approximate surface area is 84.9 Å². The zero-order chi connectivity index (χ0) is 11.2. The molecule has 1 atom stereocenters. The maximum absolute atomic E-state index is 9.56. The Hall–Kier alpha value is -0.740. The summed E-state index contributed by atoms with van der Waals surface area (Å²) in [5.74, 6) is 0. The van der Waals surface area contributed by atoms with E-state index in [9.17, 15) is 9.59 Å². The smallest absolute Gasteiger partial charge is 0.120 e. The standard InChI is InChI=1S/C5H12O2.C5H8O2/c1-2-3-5(7)4-6;6-4-2-1-3-5-7/h5-7H,2-4H2,1H3;4-5H,1-3H2. The zero-order valence-electron chi connectivity index (χ0n) is 8.69. The number of aliphatic hydroxyl groups excluding tert-OH is 2. The normalized spacial score (nSPS) is 11.1. The Morgan fingerprint density at radius 3 is 1.93 bits per heavy atom. The van der Waals surface area contributed by atoms with Crippen LogP contribution in [0.2, 0.25) is 0 Å². The minimum absolute atomic E-state index is 0.103. The van der Waals surface area contributed by atoms with E-state index in [1.54, 1.807) is 0 Å². The summed E-state index contributed by atoms with van der Waals surface area (Å²) >= 11 is 0. The van der Waals surface area contributed by atoms with Crippen molar-refractivity contribution in [1.82, 2.24) is 0 Å². The lowest BCUT2D eigenvalue weighted by Crippen LogP contribution is -2.10. The predicted octanol–water partition coefficient (Wildman–Crippen LogP) is 0.694. The van der Waals surface area contributed by atoms with Gasteiger partial charge in [-0.15, -0.1) is 0 Å². The molecule has 14 heavy (non-hydrogen) atoms. The molecule has 0 spiro atoms. The molecule has 0 heterocycles. The zero-order valence-corrected chi connectivity index (χ0v) is 8.69. The first-order valence-corrected chi connectivity index (χ1v) is 4.89. The maximum atomic E-state index is 9.56. The Bertz CT molecular complexity index is 117. The average molecular weight is 204 g/mol. The van der Waals surface area contributed by atoms with Gasteiger partial charge in [0.25, 0.3) is 0 Å². The number of aldehydes is 2. The molecule has 0 aromatic rings. The molecule has 0 saturated carbocycles. The molecular formula is C10H20O4. The molecule has 0 saturated heterocycles.